The van der Waals surface area contributed by atoms with Crippen LogP contribution in [-0.4, -0.2) is 55.8 Å². The van der Waals surface area contributed by atoms with Crippen LogP contribution in [0.25, 0.3) is 0 Å². The Balaban J connectivity index is 2.03. The molecule has 0 bridgehead atoms. The molecular weight excluding hydrogens is 226 g/mol. The summed E-state index contributed by atoms with van der Waals surface area (Å²) < 4.78 is 11.2. The van der Waals surface area contributed by atoms with Gasteiger partial charge in [-0.25, -0.2) is 0 Å². The van der Waals surface area contributed by atoms with Crippen molar-refractivity contribution in [2.75, 3.05) is 38.7 Å². The third-order valence-corrected chi connectivity index (χ3v) is 2.98. The molecule has 1 aliphatic heterocycles. The van der Waals surface area contributed by atoms with Gasteiger partial charge in [-0.3, -0.25) is 0 Å². The molecule has 0 N–H and O–H groups in total. The molecule has 4 heteroatoms. The van der Waals surface area contributed by atoms with E-state index in [-0.39, 0.29) is 0 Å². The number of halogens is 1. The van der Waals surface area contributed by atoms with Crippen LogP contribution in [0.5, 0.6) is 0 Å². The number of likely N-dealkylation sites (tertiary alicyclic amines) is 1. The molecule has 1 heterocycles. The number of hydrogen-bond acceptors (Lipinski definition) is 3. The van der Waals surface area contributed by atoms with E-state index < -0.39 is 0 Å². The second-order valence-corrected chi connectivity index (χ2v) is 4.90. The van der Waals surface area contributed by atoms with Crippen LogP contribution in [0, 0.1) is 0 Å². The van der Waals surface area contributed by atoms with E-state index in [0.29, 0.717) is 24.7 Å². The molecule has 0 aromatic heterocycles. The predicted molar refractivity (Wildman–Crippen MR) is 67.2 cm³/mol. The van der Waals surface area contributed by atoms with Crippen molar-refractivity contribution in [2.24, 2.45) is 0 Å². The summed E-state index contributed by atoms with van der Waals surface area (Å²) in [5, 5.41) is 0. The van der Waals surface area contributed by atoms with Crippen LogP contribution >= 0.6 is 11.6 Å². The van der Waals surface area contributed by atoms with Gasteiger partial charge in [0.1, 0.15) is 0 Å². The zero-order chi connectivity index (χ0) is 11.8. The van der Waals surface area contributed by atoms with Crippen molar-refractivity contribution in [3.63, 3.8) is 0 Å². The highest BCUT2D eigenvalue weighted by atomic mass is 35.5. The third-order valence-electron chi connectivity index (χ3n) is 2.82. The van der Waals surface area contributed by atoms with E-state index >= 15 is 0 Å². The van der Waals surface area contributed by atoms with E-state index in [2.05, 4.69) is 18.7 Å². The molecule has 1 saturated heterocycles. The fraction of sp³-hybridized carbons (Fsp3) is 1.00. The average molecular weight is 250 g/mol. The van der Waals surface area contributed by atoms with Crippen molar-refractivity contribution < 1.29 is 9.47 Å². The molecule has 0 spiro atoms. The summed E-state index contributed by atoms with van der Waals surface area (Å²) in [6.07, 6.45) is 3.00. The van der Waals surface area contributed by atoms with Crippen LogP contribution in [0.4, 0.5) is 0 Å². The highest BCUT2D eigenvalue weighted by Crippen LogP contribution is 2.13. The van der Waals surface area contributed by atoms with Crippen LogP contribution in [-0.2, 0) is 9.47 Å². The molecule has 0 aliphatic carbocycles. The normalized spacial score (nSPS) is 19.5. The van der Waals surface area contributed by atoms with Crippen molar-refractivity contribution in [3.05, 3.63) is 0 Å². The second kappa shape index (κ2) is 8.29. The SMILES string of the molecule is CC(C)OCCN1CCC(OCCCl)CC1. The second-order valence-electron chi connectivity index (χ2n) is 4.52. The van der Waals surface area contributed by atoms with E-state index in [1.165, 1.54) is 0 Å². The van der Waals surface area contributed by atoms with Gasteiger partial charge >= 0.3 is 0 Å². The molecule has 1 rings (SSSR count). The zero-order valence-corrected chi connectivity index (χ0v) is 11.2. The minimum atomic E-state index is 0.338. The minimum absolute atomic E-state index is 0.338. The van der Waals surface area contributed by atoms with Gasteiger partial charge in [-0.1, -0.05) is 0 Å². The predicted octanol–water partition coefficient (Wildman–Crippen LogP) is 2.13. The summed E-state index contributed by atoms with van der Waals surface area (Å²) >= 11 is 5.60. The number of alkyl halides is 1. The smallest absolute Gasteiger partial charge is 0.0605 e. The molecular formula is C12H24ClNO2. The standard InChI is InChI=1S/C12H24ClNO2/c1-11(2)15-10-8-14-6-3-12(4-7-14)16-9-5-13/h11-12H,3-10H2,1-2H3. The first-order valence-electron chi connectivity index (χ1n) is 6.24. The summed E-state index contributed by atoms with van der Waals surface area (Å²) in [5.74, 6) is 0.600. The Bertz CT molecular complexity index is 170. The Morgan fingerprint density at radius 3 is 2.50 bits per heavy atom. The van der Waals surface area contributed by atoms with Crippen LogP contribution in [0.2, 0.25) is 0 Å². The summed E-state index contributed by atoms with van der Waals surface area (Å²) in [4.78, 5) is 2.45. The molecule has 96 valence electrons. The Morgan fingerprint density at radius 1 is 1.25 bits per heavy atom. The first-order chi connectivity index (χ1) is 7.72. The molecule has 0 saturated carbocycles. The van der Waals surface area contributed by atoms with Gasteiger partial charge in [-0.05, 0) is 26.7 Å². The molecule has 16 heavy (non-hydrogen) atoms. The Kier molecular flexibility index (Phi) is 7.37. The molecule has 0 amide bonds. The van der Waals surface area contributed by atoms with Crippen molar-refractivity contribution in [2.45, 2.75) is 38.9 Å². The number of hydrogen-bond donors (Lipinski definition) is 0. The van der Waals surface area contributed by atoms with Gasteiger partial charge in [-0.15, -0.1) is 11.6 Å². The zero-order valence-electron chi connectivity index (χ0n) is 10.5. The fourth-order valence-corrected chi connectivity index (χ4v) is 2.02. The first kappa shape index (κ1) is 14.2. The van der Waals surface area contributed by atoms with Crippen molar-refractivity contribution >= 4 is 11.6 Å². The van der Waals surface area contributed by atoms with E-state index in [9.17, 15) is 0 Å². The quantitative estimate of drug-likeness (QED) is 0.646. The average Bonchev–Trinajstić information content (AvgIpc) is 2.27. The van der Waals surface area contributed by atoms with E-state index in [1.807, 2.05) is 0 Å². The van der Waals surface area contributed by atoms with Gasteiger partial charge < -0.3 is 14.4 Å². The van der Waals surface area contributed by atoms with Crippen molar-refractivity contribution in [3.8, 4) is 0 Å². The molecule has 0 unspecified atom stereocenters. The minimum Gasteiger partial charge on any atom is -0.377 e. The monoisotopic (exact) mass is 249 g/mol. The lowest BCUT2D eigenvalue weighted by Gasteiger charge is -2.31. The Labute approximate surface area is 104 Å². The van der Waals surface area contributed by atoms with Gasteiger partial charge in [0, 0.05) is 25.5 Å². The Hall–Kier alpha value is 0.170. The number of ether oxygens (including phenoxy) is 2. The van der Waals surface area contributed by atoms with Crippen molar-refractivity contribution in [1.29, 1.82) is 0 Å². The summed E-state index contributed by atoms with van der Waals surface area (Å²) in [5.41, 5.74) is 0. The molecule has 3 nitrogen and oxygen atoms in total. The maximum atomic E-state index is 5.63. The number of rotatable bonds is 7. The van der Waals surface area contributed by atoms with Crippen molar-refractivity contribution in [1.82, 2.24) is 4.90 Å². The molecule has 1 aliphatic rings. The van der Waals surface area contributed by atoms with Gasteiger partial charge in [0.15, 0.2) is 0 Å². The van der Waals surface area contributed by atoms with E-state index in [4.69, 9.17) is 21.1 Å². The lowest BCUT2D eigenvalue weighted by molar-refractivity contribution is 0.00222. The maximum absolute atomic E-state index is 5.63. The van der Waals surface area contributed by atoms with E-state index in [0.717, 1.165) is 39.1 Å². The van der Waals surface area contributed by atoms with Gasteiger partial charge in [0.25, 0.3) is 0 Å². The molecule has 0 aromatic rings. The summed E-state index contributed by atoms with van der Waals surface area (Å²) in [6, 6.07) is 0. The number of nitrogens with zero attached hydrogens (tertiary/aromatic N) is 1. The van der Waals surface area contributed by atoms with E-state index in [1.54, 1.807) is 0 Å². The largest absolute Gasteiger partial charge is 0.377 e. The van der Waals surface area contributed by atoms with Crippen LogP contribution in [0.3, 0.4) is 0 Å². The van der Waals surface area contributed by atoms with Crippen LogP contribution in [0.15, 0.2) is 0 Å². The molecule has 0 radical (unpaired) electrons. The maximum Gasteiger partial charge on any atom is 0.0605 e. The van der Waals surface area contributed by atoms with Crippen LogP contribution in [0.1, 0.15) is 26.7 Å². The fourth-order valence-electron chi connectivity index (χ4n) is 1.93. The lowest BCUT2D eigenvalue weighted by atomic mass is 10.1. The number of piperidine rings is 1. The lowest BCUT2D eigenvalue weighted by Crippen LogP contribution is -2.39. The third kappa shape index (κ3) is 6.04. The van der Waals surface area contributed by atoms with Gasteiger partial charge in [0.2, 0.25) is 0 Å². The molecule has 0 atom stereocenters. The van der Waals surface area contributed by atoms with Crippen LogP contribution < -0.4 is 0 Å². The van der Waals surface area contributed by atoms with Gasteiger partial charge in [-0.2, -0.15) is 0 Å². The first-order valence-corrected chi connectivity index (χ1v) is 6.77. The Morgan fingerprint density at radius 2 is 1.94 bits per heavy atom. The topological polar surface area (TPSA) is 21.7 Å². The van der Waals surface area contributed by atoms with Gasteiger partial charge in [0.05, 0.1) is 25.4 Å². The molecule has 1 fully saturated rings. The summed E-state index contributed by atoms with van der Waals surface area (Å²) in [7, 11) is 0. The highest BCUT2D eigenvalue weighted by molar-refractivity contribution is 6.17. The highest BCUT2D eigenvalue weighted by Gasteiger charge is 2.18. The summed E-state index contributed by atoms with van der Waals surface area (Å²) in [6.45, 7) is 8.95. The molecule has 0 aromatic carbocycles.